The van der Waals surface area contributed by atoms with Crippen molar-refractivity contribution >= 4 is 13.7 Å². The minimum absolute atomic E-state index is 0.373. The zero-order chi connectivity index (χ0) is 17.6. The molecule has 126 valence electrons. The number of nitrogens with zero attached hydrogens (tertiary/aromatic N) is 1. The summed E-state index contributed by atoms with van der Waals surface area (Å²) in [5.41, 5.74) is 1.99. The third-order valence-corrected chi connectivity index (χ3v) is 4.45. The molecule has 0 fully saturated rings. The second kappa shape index (κ2) is 8.55. The van der Waals surface area contributed by atoms with Gasteiger partial charge in [-0.3, -0.25) is 0 Å². The molecule has 0 aromatic heterocycles. The third kappa shape index (κ3) is 6.18. The molecule has 2 aromatic rings. The van der Waals surface area contributed by atoms with Crippen LogP contribution in [0.3, 0.4) is 0 Å². The first-order valence-corrected chi connectivity index (χ1v) is 8.91. The third-order valence-electron chi connectivity index (χ3n) is 4.45. The Hall–Kier alpha value is -1.51. The van der Waals surface area contributed by atoms with E-state index in [-0.39, 0.29) is 0 Å². The summed E-state index contributed by atoms with van der Waals surface area (Å²) in [7, 11) is 0. The van der Waals surface area contributed by atoms with Crippen LogP contribution in [0, 0.1) is 0 Å². The van der Waals surface area contributed by atoms with E-state index in [4.69, 9.17) is 0 Å². The summed E-state index contributed by atoms with van der Waals surface area (Å²) in [6.07, 6.45) is 1.99. The van der Waals surface area contributed by atoms with Gasteiger partial charge in [-0.15, -0.1) is 0 Å². The van der Waals surface area contributed by atoms with E-state index >= 15 is 0 Å². The molecule has 0 saturated heterocycles. The smallest absolute Gasteiger partial charge is 0.213 e. The maximum atomic E-state index is 10.4. The van der Waals surface area contributed by atoms with E-state index in [1.54, 1.807) is 0 Å². The number of benzene rings is 2. The van der Waals surface area contributed by atoms with Crippen LogP contribution in [0.25, 0.3) is 0 Å². The number of hydrogen-bond donors (Lipinski definition) is 1. The van der Waals surface area contributed by atoms with Crippen molar-refractivity contribution in [3.8, 4) is 0 Å². The van der Waals surface area contributed by atoms with Crippen molar-refractivity contribution in [2.75, 3.05) is 6.54 Å². The summed E-state index contributed by atoms with van der Waals surface area (Å²) < 4.78 is 2.44. The number of aliphatic hydroxyl groups is 1. The molecule has 0 aliphatic heterocycles. The first-order chi connectivity index (χ1) is 11.3. The van der Waals surface area contributed by atoms with Gasteiger partial charge >= 0.3 is 0 Å². The lowest BCUT2D eigenvalue weighted by Crippen LogP contribution is -2.54. The van der Waals surface area contributed by atoms with Gasteiger partial charge in [0, 0.05) is 6.54 Å². The quantitative estimate of drug-likeness (QED) is 0.746. The Morgan fingerprint density at radius 1 is 0.792 bits per heavy atom. The van der Waals surface area contributed by atoms with E-state index in [0.29, 0.717) is 20.2 Å². The second-order valence-corrected chi connectivity index (χ2v) is 7.56. The Kier molecular flexibility index (Phi) is 6.70. The summed E-state index contributed by atoms with van der Waals surface area (Å²) in [5.74, 6) is 0. The largest absolute Gasteiger partial charge is 0.389 e. The molecule has 0 radical (unpaired) electrons. The maximum absolute atomic E-state index is 10.4. The van der Waals surface area contributed by atoms with Crippen LogP contribution in [-0.2, 0) is 12.6 Å². The Morgan fingerprint density at radius 3 is 1.50 bits per heavy atom. The molecule has 0 saturated carbocycles. The average molecular weight is 321 g/mol. The van der Waals surface area contributed by atoms with Gasteiger partial charge in [0.25, 0.3) is 0 Å². The Bertz CT molecular complexity index is 551. The molecule has 2 aromatic carbocycles. The van der Waals surface area contributed by atoms with Crippen molar-refractivity contribution in [3.63, 3.8) is 0 Å². The molecule has 24 heavy (non-hydrogen) atoms. The van der Waals surface area contributed by atoms with Crippen molar-refractivity contribution in [3.05, 3.63) is 71.8 Å². The van der Waals surface area contributed by atoms with Gasteiger partial charge in [0.2, 0.25) is 13.7 Å². The van der Waals surface area contributed by atoms with Gasteiger partial charge in [0.1, 0.15) is 0 Å². The molecule has 1 N–H and O–H groups in total. The van der Waals surface area contributed by atoms with E-state index < -0.39 is 5.60 Å². The highest BCUT2D eigenvalue weighted by atomic mass is 16.3. The summed E-state index contributed by atoms with van der Waals surface area (Å²) in [4.78, 5) is 0. The topological polar surface area (TPSA) is 23.5 Å². The highest BCUT2D eigenvalue weighted by molar-refractivity contribution is 6.70. The first-order valence-electron chi connectivity index (χ1n) is 8.91. The van der Waals surface area contributed by atoms with Gasteiger partial charge in [0.05, 0.1) is 5.60 Å². The minimum atomic E-state index is -0.699. The van der Waals surface area contributed by atoms with Gasteiger partial charge in [-0.25, -0.2) is 0 Å². The lowest BCUT2D eigenvalue weighted by Gasteiger charge is -2.36. The van der Waals surface area contributed by atoms with Crippen molar-refractivity contribution in [2.45, 2.75) is 45.7 Å². The molecule has 0 bridgehead atoms. The predicted octanol–water partition coefficient (Wildman–Crippen LogP) is 3.87. The summed E-state index contributed by atoms with van der Waals surface area (Å²) >= 11 is 0. The molecule has 0 aliphatic carbocycles. The van der Waals surface area contributed by atoms with Gasteiger partial charge in [-0.1, -0.05) is 85.4 Å². The van der Waals surface area contributed by atoms with Gasteiger partial charge in [-0.05, 0) is 26.5 Å². The molecule has 0 spiro atoms. The van der Waals surface area contributed by atoms with Gasteiger partial charge < -0.3 is 9.83 Å². The zero-order valence-corrected chi connectivity index (χ0v) is 15.4. The lowest BCUT2D eigenvalue weighted by molar-refractivity contribution is 0.0706. The van der Waals surface area contributed by atoms with Crippen LogP contribution in [0.1, 0.15) is 25.0 Å². The zero-order valence-electron chi connectivity index (χ0n) is 15.4. The minimum Gasteiger partial charge on any atom is -0.389 e. The highest BCUT2D eigenvalue weighted by Crippen LogP contribution is 2.15. The van der Waals surface area contributed by atoms with Gasteiger partial charge in [0.15, 0.2) is 0 Å². The molecule has 0 heterocycles. The molecule has 2 nitrogen and oxygen atoms in total. The molecular formula is C20H29B2NO. The molecule has 2 rings (SSSR count). The standard InChI is InChI=1S/C20H29B2NO/c1-20(2,24)17-23(21(3)15-18-11-7-5-8-12-18)22(4)16-19-13-9-6-10-14-19/h5-14,24H,15-17H2,1-4H3. The monoisotopic (exact) mass is 321 g/mol. The molecule has 0 unspecified atom stereocenters. The van der Waals surface area contributed by atoms with Crippen molar-refractivity contribution in [1.29, 1.82) is 0 Å². The average Bonchev–Trinajstić information content (AvgIpc) is 2.53. The SMILES string of the molecule is CB(Cc1ccccc1)N(CC(C)(C)O)B(C)Cc1ccccc1. The predicted molar refractivity (Wildman–Crippen MR) is 107 cm³/mol. The molecular weight excluding hydrogens is 292 g/mol. The number of hydrogen-bond acceptors (Lipinski definition) is 2. The Labute approximate surface area is 148 Å². The Balaban J connectivity index is 2.10. The van der Waals surface area contributed by atoms with Crippen molar-refractivity contribution in [1.82, 2.24) is 4.72 Å². The van der Waals surface area contributed by atoms with E-state index in [0.717, 1.165) is 12.6 Å². The summed E-state index contributed by atoms with van der Waals surface area (Å²) in [5, 5.41) is 10.4. The van der Waals surface area contributed by atoms with E-state index in [2.05, 4.69) is 79.0 Å². The van der Waals surface area contributed by atoms with E-state index in [1.165, 1.54) is 11.1 Å². The maximum Gasteiger partial charge on any atom is 0.213 e. The van der Waals surface area contributed by atoms with Crippen molar-refractivity contribution in [2.24, 2.45) is 0 Å². The van der Waals surface area contributed by atoms with E-state index in [1.807, 2.05) is 13.8 Å². The fourth-order valence-corrected chi connectivity index (χ4v) is 3.34. The van der Waals surface area contributed by atoms with Crippen LogP contribution >= 0.6 is 0 Å². The Morgan fingerprint density at radius 2 is 1.17 bits per heavy atom. The van der Waals surface area contributed by atoms with Crippen molar-refractivity contribution < 1.29 is 5.11 Å². The van der Waals surface area contributed by atoms with E-state index in [9.17, 15) is 5.11 Å². The second-order valence-electron chi connectivity index (χ2n) is 7.56. The van der Waals surface area contributed by atoms with Crippen LogP contribution in [0.2, 0.25) is 13.6 Å². The lowest BCUT2D eigenvalue weighted by atomic mass is 9.44. The van der Waals surface area contributed by atoms with Gasteiger partial charge in [-0.2, -0.15) is 0 Å². The molecule has 0 atom stereocenters. The molecule has 4 heteroatoms. The molecule has 0 amide bonds. The summed E-state index contributed by atoms with van der Waals surface area (Å²) in [6.45, 7) is 9.74. The number of rotatable bonds is 8. The van der Waals surface area contributed by atoms with Crippen LogP contribution in [-0.4, -0.2) is 35.7 Å². The fraction of sp³-hybridized carbons (Fsp3) is 0.400. The van der Waals surface area contributed by atoms with Crippen LogP contribution in [0.4, 0.5) is 0 Å². The highest BCUT2D eigenvalue weighted by Gasteiger charge is 2.30. The van der Waals surface area contributed by atoms with Crippen LogP contribution in [0.15, 0.2) is 60.7 Å². The van der Waals surface area contributed by atoms with Crippen LogP contribution in [0.5, 0.6) is 0 Å². The summed E-state index contributed by atoms with van der Waals surface area (Å²) in [6, 6.07) is 21.2. The van der Waals surface area contributed by atoms with Crippen LogP contribution < -0.4 is 0 Å². The molecule has 0 aliphatic rings. The first kappa shape index (κ1) is 18.8. The fourth-order valence-electron chi connectivity index (χ4n) is 3.34. The normalized spacial score (nSPS) is 11.6.